The van der Waals surface area contributed by atoms with Gasteiger partial charge in [-0.1, -0.05) is 12.2 Å². The number of methoxy groups -OCH3 is 1. The number of aliphatic hydroxyl groups excluding tert-OH is 1. The van der Waals surface area contributed by atoms with Gasteiger partial charge in [0.05, 0.1) is 6.61 Å². The van der Waals surface area contributed by atoms with E-state index in [0.717, 1.165) is 6.42 Å². The molecule has 0 amide bonds. The highest BCUT2D eigenvalue weighted by Gasteiger charge is 1.72. The summed E-state index contributed by atoms with van der Waals surface area (Å²) in [5, 5.41) is 8.27. The van der Waals surface area contributed by atoms with E-state index in [4.69, 9.17) is 9.84 Å². The summed E-state index contributed by atoms with van der Waals surface area (Å²) in [6.45, 7) is 0.861. The van der Waals surface area contributed by atoms with Crippen molar-refractivity contribution in [1.82, 2.24) is 0 Å². The van der Waals surface area contributed by atoms with Gasteiger partial charge in [0.1, 0.15) is 0 Å². The molecule has 0 aromatic rings. The van der Waals surface area contributed by atoms with E-state index in [9.17, 15) is 0 Å². The van der Waals surface area contributed by atoms with Gasteiger partial charge >= 0.3 is 0 Å². The summed E-state index contributed by atoms with van der Waals surface area (Å²) in [6.07, 6.45) is 4.50. The quantitative estimate of drug-likeness (QED) is 0.544. The Morgan fingerprint density at radius 3 is 2.75 bits per heavy atom. The van der Waals surface area contributed by atoms with E-state index in [1.807, 2.05) is 12.2 Å². The fourth-order valence-electron chi connectivity index (χ4n) is 0.357. The molecule has 0 saturated heterocycles. The lowest BCUT2D eigenvalue weighted by Gasteiger charge is -1.85. The Morgan fingerprint density at radius 1 is 1.50 bits per heavy atom. The maximum absolute atomic E-state index is 8.27. The van der Waals surface area contributed by atoms with Crippen LogP contribution >= 0.6 is 0 Å². The zero-order valence-corrected chi connectivity index (χ0v) is 5.13. The van der Waals surface area contributed by atoms with Crippen LogP contribution in [0.5, 0.6) is 0 Å². The van der Waals surface area contributed by atoms with Crippen LogP contribution in [-0.4, -0.2) is 25.4 Å². The summed E-state index contributed by atoms with van der Waals surface area (Å²) in [4.78, 5) is 0. The van der Waals surface area contributed by atoms with E-state index in [-0.39, 0.29) is 6.61 Å². The predicted octanol–water partition coefficient (Wildman–Crippen LogP) is 0.571. The molecule has 0 aliphatic heterocycles. The highest BCUT2D eigenvalue weighted by Crippen LogP contribution is 1.79. The van der Waals surface area contributed by atoms with Gasteiger partial charge in [0.15, 0.2) is 0 Å². The summed E-state index contributed by atoms with van der Waals surface area (Å²) in [7, 11) is 1.64. The molecule has 0 heterocycles. The number of hydrogen-bond acceptors (Lipinski definition) is 2. The number of ether oxygens (including phenoxy) is 1. The van der Waals surface area contributed by atoms with Crippen molar-refractivity contribution in [2.75, 3.05) is 20.3 Å². The second kappa shape index (κ2) is 6.66. The molecule has 0 spiro atoms. The van der Waals surface area contributed by atoms with E-state index in [0.29, 0.717) is 6.61 Å². The molecule has 0 aliphatic rings. The van der Waals surface area contributed by atoms with Gasteiger partial charge in [0.25, 0.3) is 0 Å². The first kappa shape index (κ1) is 7.66. The highest BCUT2D eigenvalue weighted by molar-refractivity contribution is 4.80. The molecule has 48 valence electrons. The van der Waals surface area contributed by atoms with Gasteiger partial charge in [-0.05, 0) is 6.42 Å². The molecule has 0 radical (unpaired) electrons. The van der Waals surface area contributed by atoms with Crippen LogP contribution in [0.25, 0.3) is 0 Å². The largest absolute Gasteiger partial charge is 0.396 e. The zero-order valence-electron chi connectivity index (χ0n) is 5.13. The average molecular weight is 116 g/mol. The fraction of sp³-hybridized carbons (Fsp3) is 0.667. The lowest BCUT2D eigenvalue weighted by Crippen LogP contribution is -1.81. The topological polar surface area (TPSA) is 29.5 Å². The Bertz CT molecular complexity index is 51.5. The molecular weight excluding hydrogens is 104 g/mol. The van der Waals surface area contributed by atoms with Crippen molar-refractivity contribution in [3.8, 4) is 0 Å². The number of rotatable bonds is 4. The Labute approximate surface area is 49.8 Å². The minimum absolute atomic E-state index is 0.222. The molecule has 1 N–H and O–H groups in total. The Hall–Kier alpha value is -0.340. The summed E-state index contributed by atoms with van der Waals surface area (Å²) in [5.41, 5.74) is 0. The molecule has 0 aromatic carbocycles. The van der Waals surface area contributed by atoms with Crippen molar-refractivity contribution >= 4 is 0 Å². The Balaban J connectivity index is 2.83. The molecule has 0 fully saturated rings. The molecule has 0 aromatic heterocycles. The Kier molecular flexibility index (Phi) is 6.38. The number of hydrogen-bond donors (Lipinski definition) is 1. The Morgan fingerprint density at radius 2 is 2.25 bits per heavy atom. The third-order valence-corrected chi connectivity index (χ3v) is 0.725. The summed E-state index contributed by atoms with van der Waals surface area (Å²) >= 11 is 0. The smallest absolute Gasteiger partial charge is 0.0643 e. The highest BCUT2D eigenvalue weighted by atomic mass is 16.5. The fourth-order valence-corrected chi connectivity index (χ4v) is 0.357. The van der Waals surface area contributed by atoms with Crippen LogP contribution in [0, 0.1) is 0 Å². The lowest BCUT2D eigenvalue weighted by atomic mass is 10.4. The van der Waals surface area contributed by atoms with Crippen LogP contribution in [0.3, 0.4) is 0 Å². The summed E-state index contributed by atoms with van der Waals surface area (Å²) < 4.78 is 4.72. The van der Waals surface area contributed by atoms with Crippen LogP contribution in [-0.2, 0) is 4.74 Å². The second-order valence-electron chi connectivity index (χ2n) is 1.44. The zero-order chi connectivity index (χ0) is 6.24. The molecule has 0 bridgehead atoms. The van der Waals surface area contributed by atoms with Gasteiger partial charge in [-0.2, -0.15) is 0 Å². The van der Waals surface area contributed by atoms with E-state index in [2.05, 4.69) is 0 Å². The normalized spacial score (nSPS) is 10.8. The molecule has 8 heavy (non-hydrogen) atoms. The molecule has 0 atom stereocenters. The van der Waals surface area contributed by atoms with Crippen LogP contribution < -0.4 is 0 Å². The van der Waals surface area contributed by atoms with Gasteiger partial charge in [0, 0.05) is 13.7 Å². The van der Waals surface area contributed by atoms with Crippen molar-refractivity contribution in [2.45, 2.75) is 6.42 Å². The first-order valence-corrected chi connectivity index (χ1v) is 2.66. The molecule has 0 unspecified atom stereocenters. The molecule has 2 nitrogen and oxygen atoms in total. The van der Waals surface area contributed by atoms with Crippen molar-refractivity contribution in [3.05, 3.63) is 12.2 Å². The molecule has 0 saturated carbocycles. The molecule has 0 aliphatic carbocycles. The van der Waals surface area contributed by atoms with Crippen molar-refractivity contribution in [1.29, 1.82) is 0 Å². The van der Waals surface area contributed by atoms with Gasteiger partial charge in [-0.3, -0.25) is 0 Å². The van der Waals surface area contributed by atoms with Crippen LogP contribution in [0.1, 0.15) is 6.42 Å². The minimum Gasteiger partial charge on any atom is -0.396 e. The third kappa shape index (κ3) is 5.66. The van der Waals surface area contributed by atoms with Crippen molar-refractivity contribution in [2.24, 2.45) is 0 Å². The van der Waals surface area contributed by atoms with E-state index < -0.39 is 0 Å². The van der Waals surface area contributed by atoms with Crippen molar-refractivity contribution in [3.63, 3.8) is 0 Å². The van der Waals surface area contributed by atoms with E-state index >= 15 is 0 Å². The predicted molar refractivity (Wildman–Crippen MR) is 32.7 cm³/mol. The van der Waals surface area contributed by atoms with E-state index in [1.54, 1.807) is 7.11 Å². The molecular formula is C6H12O2. The summed E-state index contributed by atoms with van der Waals surface area (Å²) in [5.74, 6) is 0. The molecule has 0 rings (SSSR count). The number of aliphatic hydroxyl groups is 1. The first-order chi connectivity index (χ1) is 3.91. The second-order valence-corrected chi connectivity index (χ2v) is 1.44. The first-order valence-electron chi connectivity index (χ1n) is 2.66. The van der Waals surface area contributed by atoms with Crippen LogP contribution in [0.15, 0.2) is 12.2 Å². The van der Waals surface area contributed by atoms with E-state index in [1.165, 1.54) is 0 Å². The maximum Gasteiger partial charge on any atom is 0.0643 e. The van der Waals surface area contributed by atoms with Gasteiger partial charge in [-0.25, -0.2) is 0 Å². The van der Waals surface area contributed by atoms with Crippen LogP contribution in [0.4, 0.5) is 0 Å². The molecule has 2 heteroatoms. The summed E-state index contributed by atoms with van der Waals surface area (Å²) in [6, 6.07) is 0. The van der Waals surface area contributed by atoms with Gasteiger partial charge < -0.3 is 9.84 Å². The van der Waals surface area contributed by atoms with Gasteiger partial charge in [0.2, 0.25) is 0 Å². The minimum atomic E-state index is 0.222. The monoisotopic (exact) mass is 116 g/mol. The SMILES string of the molecule is COC/C=C\CCO. The third-order valence-electron chi connectivity index (χ3n) is 0.725. The van der Waals surface area contributed by atoms with Crippen molar-refractivity contribution < 1.29 is 9.84 Å². The van der Waals surface area contributed by atoms with Crippen LogP contribution in [0.2, 0.25) is 0 Å². The lowest BCUT2D eigenvalue weighted by molar-refractivity contribution is 0.233. The van der Waals surface area contributed by atoms with Gasteiger partial charge in [-0.15, -0.1) is 0 Å². The standard InChI is InChI=1S/C6H12O2/c1-8-6-4-2-3-5-7/h2,4,7H,3,5-6H2,1H3/b4-2-. The average Bonchev–Trinajstić information content (AvgIpc) is 1.81. The maximum atomic E-state index is 8.27.